The normalized spacial score (nSPS) is 19.0. The number of rotatable bonds is 3. The Balaban J connectivity index is 2.09. The van der Waals surface area contributed by atoms with E-state index in [2.05, 4.69) is 43.5 Å². The predicted octanol–water partition coefficient (Wildman–Crippen LogP) is 3.08. The Morgan fingerprint density at radius 1 is 1.68 bits per heavy atom. The SMILES string of the molecule is CC(=O)SCC1CC(=O)N(c2ncc(Br)cc2I)C1. The molecule has 19 heavy (non-hydrogen) atoms. The van der Waals surface area contributed by atoms with Gasteiger partial charge in [0.05, 0.1) is 3.57 Å². The molecule has 7 heteroatoms. The molecule has 0 spiro atoms. The van der Waals surface area contributed by atoms with Crippen LogP contribution in [0.2, 0.25) is 0 Å². The van der Waals surface area contributed by atoms with E-state index in [-0.39, 0.29) is 16.9 Å². The lowest BCUT2D eigenvalue weighted by Crippen LogP contribution is -2.26. The molecule has 1 aliphatic rings. The van der Waals surface area contributed by atoms with Gasteiger partial charge < -0.3 is 0 Å². The Morgan fingerprint density at radius 3 is 3.05 bits per heavy atom. The molecule has 0 bridgehead atoms. The van der Waals surface area contributed by atoms with Crippen molar-refractivity contribution in [3.8, 4) is 0 Å². The van der Waals surface area contributed by atoms with Crippen LogP contribution in [0.5, 0.6) is 0 Å². The maximum absolute atomic E-state index is 12.0. The summed E-state index contributed by atoms with van der Waals surface area (Å²) in [4.78, 5) is 29.1. The van der Waals surface area contributed by atoms with Gasteiger partial charge in [0.25, 0.3) is 0 Å². The van der Waals surface area contributed by atoms with Gasteiger partial charge in [0, 0.05) is 36.3 Å². The van der Waals surface area contributed by atoms with Gasteiger partial charge in [-0.2, -0.15) is 0 Å². The van der Waals surface area contributed by atoms with Gasteiger partial charge in [0.2, 0.25) is 5.91 Å². The summed E-state index contributed by atoms with van der Waals surface area (Å²) in [5, 5.41) is 0.0993. The summed E-state index contributed by atoms with van der Waals surface area (Å²) in [6.07, 6.45) is 2.19. The molecule has 1 amide bonds. The van der Waals surface area contributed by atoms with E-state index >= 15 is 0 Å². The minimum absolute atomic E-state index is 0.0851. The Labute approximate surface area is 138 Å². The maximum Gasteiger partial charge on any atom is 0.228 e. The Kier molecular flexibility index (Phi) is 5.24. The van der Waals surface area contributed by atoms with Gasteiger partial charge in [-0.3, -0.25) is 14.5 Å². The van der Waals surface area contributed by atoms with Crippen LogP contribution in [0.1, 0.15) is 13.3 Å². The fourth-order valence-electron chi connectivity index (χ4n) is 1.94. The summed E-state index contributed by atoms with van der Waals surface area (Å²) >= 11 is 6.83. The van der Waals surface area contributed by atoms with Crippen molar-refractivity contribution in [2.45, 2.75) is 13.3 Å². The maximum atomic E-state index is 12.0. The van der Waals surface area contributed by atoms with Crippen molar-refractivity contribution in [2.75, 3.05) is 17.2 Å². The number of hydrogen-bond donors (Lipinski definition) is 0. The first-order valence-corrected chi connectivity index (χ1v) is 8.58. The zero-order valence-corrected chi connectivity index (χ0v) is 14.8. The van der Waals surface area contributed by atoms with Gasteiger partial charge in [-0.05, 0) is 50.5 Å². The molecular weight excluding hydrogens is 443 g/mol. The van der Waals surface area contributed by atoms with Gasteiger partial charge in [-0.25, -0.2) is 4.98 Å². The molecule has 1 aliphatic heterocycles. The zero-order valence-electron chi connectivity index (χ0n) is 10.2. The number of aromatic nitrogens is 1. The molecule has 1 aromatic heterocycles. The van der Waals surface area contributed by atoms with Crippen LogP contribution in [-0.4, -0.2) is 28.3 Å². The number of halogens is 2. The topological polar surface area (TPSA) is 50.3 Å². The first-order chi connectivity index (χ1) is 8.97. The lowest BCUT2D eigenvalue weighted by atomic mass is 10.1. The molecule has 1 aromatic rings. The molecule has 1 fully saturated rings. The van der Waals surface area contributed by atoms with Crippen LogP contribution in [0.15, 0.2) is 16.7 Å². The zero-order chi connectivity index (χ0) is 14.0. The highest BCUT2D eigenvalue weighted by Gasteiger charge is 2.32. The number of pyridine rings is 1. The number of thioether (sulfide) groups is 1. The van der Waals surface area contributed by atoms with Crippen LogP contribution in [0.25, 0.3) is 0 Å². The molecule has 0 N–H and O–H groups in total. The van der Waals surface area contributed by atoms with Gasteiger partial charge in [-0.15, -0.1) is 0 Å². The van der Waals surface area contributed by atoms with E-state index in [1.165, 1.54) is 11.8 Å². The highest BCUT2D eigenvalue weighted by atomic mass is 127. The van der Waals surface area contributed by atoms with E-state index in [9.17, 15) is 9.59 Å². The van der Waals surface area contributed by atoms with Crippen LogP contribution in [0.4, 0.5) is 5.82 Å². The fraction of sp³-hybridized carbons (Fsp3) is 0.417. The smallest absolute Gasteiger partial charge is 0.228 e. The molecule has 1 atom stereocenters. The fourth-order valence-corrected chi connectivity index (χ4v) is 4.16. The predicted molar refractivity (Wildman–Crippen MR) is 88.3 cm³/mol. The van der Waals surface area contributed by atoms with Crippen molar-refractivity contribution < 1.29 is 9.59 Å². The quantitative estimate of drug-likeness (QED) is 0.658. The van der Waals surface area contributed by atoms with Crippen LogP contribution in [0, 0.1) is 9.49 Å². The second-order valence-electron chi connectivity index (χ2n) is 4.34. The van der Waals surface area contributed by atoms with E-state index < -0.39 is 0 Å². The number of carbonyl (C=O) groups is 2. The second-order valence-corrected chi connectivity index (χ2v) is 7.61. The minimum Gasteiger partial charge on any atom is -0.296 e. The summed E-state index contributed by atoms with van der Waals surface area (Å²) in [5.74, 6) is 1.72. The van der Waals surface area contributed by atoms with Gasteiger partial charge in [0.1, 0.15) is 5.82 Å². The van der Waals surface area contributed by atoms with Crippen molar-refractivity contribution >= 4 is 67.1 Å². The highest BCUT2D eigenvalue weighted by molar-refractivity contribution is 14.1. The molecule has 0 aliphatic carbocycles. The molecule has 4 nitrogen and oxygen atoms in total. The lowest BCUT2D eigenvalue weighted by Gasteiger charge is -2.17. The Bertz CT molecular complexity index is 526. The molecule has 0 aromatic carbocycles. The molecule has 0 radical (unpaired) electrons. The van der Waals surface area contributed by atoms with E-state index in [1.807, 2.05) is 6.07 Å². The lowest BCUT2D eigenvalue weighted by molar-refractivity contribution is -0.117. The van der Waals surface area contributed by atoms with Crippen LogP contribution in [-0.2, 0) is 9.59 Å². The van der Waals surface area contributed by atoms with Gasteiger partial charge in [0.15, 0.2) is 5.12 Å². The number of hydrogen-bond acceptors (Lipinski definition) is 4. The second kappa shape index (κ2) is 6.53. The average molecular weight is 455 g/mol. The third-order valence-electron chi connectivity index (χ3n) is 2.77. The summed E-state index contributed by atoms with van der Waals surface area (Å²) in [6.45, 7) is 2.20. The standard InChI is InChI=1S/C12H12BrIN2O2S/c1-7(17)19-6-8-2-11(18)16(5-8)12-10(14)3-9(13)4-15-12/h3-4,8H,2,5-6H2,1H3. The van der Waals surface area contributed by atoms with Crippen molar-refractivity contribution in [2.24, 2.45) is 5.92 Å². The minimum atomic E-state index is 0.0851. The average Bonchev–Trinajstić information content (AvgIpc) is 2.68. The van der Waals surface area contributed by atoms with E-state index in [0.717, 1.165) is 8.04 Å². The third-order valence-corrected chi connectivity index (χ3v) is 5.04. The first-order valence-electron chi connectivity index (χ1n) is 5.72. The summed E-state index contributed by atoms with van der Waals surface area (Å²) < 4.78 is 1.84. The number of anilines is 1. The molecule has 102 valence electrons. The highest BCUT2D eigenvalue weighted by Crippen LogP contribution is 2.30. The van der Waals surface area contributed by atoms with E-state index in [0.29, 0.717) is 24.5 Å². The number of carbonyl (C=O) groups excluding carboxylic acids is 2. The van der Waals surface area contributed by atoms with Crippen LogP contribution in [0.3, 0.4) is 0 Å². The third kappa shape index (κ3) is 3.91. The number of nitrogens with zero attached hydrogens (tertiary/aromatic N) is 2. The van der Waals surface area contributed by atoms with Crippen molar-refractivity contribution in [3.63, 3.8) is 0 Å². The van der Waals surface area contributed by atoms with E-state index in [1.54, 1.807) is 18.0 Å². The van der Waals surface area contributed by atoms with E-state index in [4.69, 9.17) is 0 Å². The largest absolute Gasteiger partial charge is 0.296 e. The van der Waals surface area contributed by atoms with Gasteiger partial charge in [-0.1, -0.05) is 11.8 Å². The monoisotopic (exact) mass is 454 g/mol. The molecule has 2 heterocycles. The summed E-state index contributed by atoms with van der Waals surface area (Å²) in [5.41, 5.74) is 0. The van der Waals surface area contributed by atoms with Crippen molar-refractivity contribution in [3.05, 3.63) is 20.3 Å². The molecule has 2 rings (SSSR count). The summed E-state index contributed by atoms with van der Waals surface area (Å²) in [6, 6.07) is 1.94. The van der Waals surface area contributed by atoms with Crippen molar-refractivity contribution in [1.82, 2.24) is 4.98 Å². The molecule has 1 unspecified atom stereocenters. The molecule has 0 saturated carbocycles. The van der Waals surface area contributed by atoms with Crippen LogP contribution < -0.4 is 4.90 Å². The van der Waals surface area contributed by atoms with Crippen LogP contribution >= 0.6 is 50.3 Å². The summed E-state index contributed by atoms with van der Waals surface area (Å²) in [7, 11) is 0. The number of amides is 1. The Hall–Kier alpha value is -0.150. The Morgan fingerprint density at radius 2 is 2.42 bits per heavy atom. The van der Waals surface area contributed by atoms with Crippen molar-refractivity contribution in [1.29, 1.82) is 0 Å². The molecule has 1 saturated heterocycles. The molecular formula is C12H12BrIN2O2S. The van der Waals surface area contributed by atoms with Gasteiger partial charge >= 0.3 is 0 Å². The first kappa shape index (κ1) is 15.2.